The third-order valence-corrected chi connectivity index (χ3v) is 3.44. The number of rotatable bonds is 5. The van der Waals surface area contributed by atoms with Crippen LogP contribution in [-0.2, 0) is 6.42 Å². The zero-order valence-electron chi connectivity index (χ0n) is 12.4. The van der Waals surface area contributed by atoms with Crippen molar-refractivity contribution in [2.75, 3.05) is 14.2 Å². The van der Waals surface area contributed by atoms with E-state index >= 15 is 0 Å². The molecule has 4 heteroatoms. The van der Waals surface area contributed by atoms with Crippen molar-refractivity contribution in [3.8, 4) is 11.5 Å². The molecule has 1 atom stereocenters. The first-order valence-electron chi connectivity index (χ1n) is 6.67. The summed E-state index contributed by atoms with van der Waals surface area (Å²) in [6.45, 7) is 4.05. The van der Waals surface area contributed by atoms with Crippen molar-refractivity contribution in [1.82, 2.24) is 0 Å². The summed E-state index contributed by atoms with van der Waals surface area (Å²) < 4.78 is 16.4. The van der Waals surface area contributed by atoms with Gasteiger partial charge in [0.1, 0.15) is 11.5 Å². The number of methoxy groups -OCH3 is 2. The maximum absolute atomic E-state index is 6.31. The van der Waals surface area contributed by atoms with Gasteiger partial charge in [-0.1, -0.05) is 6.92 Å². The molecule has 0 aliphatic rings. The fourth-order valence-electron chi connectivity index (χ4n) is 2.24. The minimum Gasteiger partial charge on any atom is -0.493 e. The molecule has 108 valence electrons. The SMILES string of the molecule is CCc1ccc(C(N)c2cc(OC)c(OC)cc2C)o1. The second-order valence-corrected chi connectivity index (χ2v) is 4.70. The molecule has 1 aromatic heterocycles. The van der Waals surface area contributed by atoms with Gasteiger partial charge in [-0.05, 0) is 42.3 Å². The second-order valence-electron chi connectivity index (χ2n) is 4.70. The third kappa shape index (κ3) is 2.65. The molecule has 0 amide bonds. The molecule has 0 saturated carbocycles. The van der Waals surface area contributed by atoms with E-state index in [2.05, 4.69) is 6.92 Å². The molecule has 20 heavy (non-hydrogen) atoms. The van der Waals surface area contributed by atoms with Gasteiger partial charge in [0.2, 0.25) is 0 Å². The van der Waals surface area contributed by atoms with E-state index in [4.69, 9.17) is 19.6 Å². The number of hydrogen-bond acceptors (Lipinski definition) is 4. The highest BCUT2D eigenvalue weighted by Gasteiger charge is 2.18. The van der Waals surface area contributed by atoms with E-state index < -0.39 is 0 Å². The van der Waals surface area contributed by atoms with Crippen LogP contribution in [0, 0.1) is 6.92 Å². The summed E-state index contributed by atoms with van der Waals surface area (Å²) in [5.41, 5.74) is 8.33. The van der Waals surface area contributed by atoms with E-state index in [0.717, 1.165) is 29.1 Å². The lowest BCUT2D eigenvalue weighted by Gasteiger charge is -2.16. The molecule has 4 nitrogen and oxygen atoms in total. The highest BCUT2D eigenvalue weighted by atomic mass is 16.5. The van der Waals surface area contributed by atoms with E-state index in [-0.39, 0.29) is 6.04 Å². The number of aryl methyl sites for hydroxylation is 2. The van der Waals surface area contributed by atoms with Crippen LogP contribution in [0.3, 0.4) is 0 Å². The fraction of sp³-hybridized carbons (Fsp3) is 0.375. The molecule has 1 aromatic carbocycles. The summed E-state index contributed by atoms with van der Waals surface area (Å²) in [7, 11) is 3.24. The van der Waals surface area contributed by atoms with Crippen molar-refractivity contribution >= 4 is 0 Å². The average molecular weight is 275 g/mol. The summed E-state index contributed by atoms with van der Waals surface area (Å²) in [5, 5.41) is 0. The molecule has 0 saturated heterocycles. The molecular weight excluding hydrogens is 254 g/mol. The predicted octanol–water partition coefficient (Wildman–Crippen LogP) is 3.22. The summed E-state index contributed by atoms with van der Waals surface area (Å²) >= 11 is 0. The van der Waals surface area contributed by atoms with Crippen LogP contribution in [0.2, 0.25) is 0 Å². The smallest absolute Gasteiger partial charge is 0.161 e. The lowest BCUT2D eigenvalue weighted by Crippen LogP contribution is -2.13. The number of benzene rings is 1. The van der Waals surface area contributed by atoms with Crippen LogP contribution in [0.5, 0.6) is 11.5 Å². The Hall–Kier alpha value is -1.94. The monoisotopic (exact) mass is 275 g/mol. The van der Waals surface area contributed by atoms with Gasteiger partial charge in [0.25, 0.3) is 0 Å². The Bertz CT molecular complexity index is 589. The van der Waals surface area contributed by atoms with Crippen LogP contribution in [0.25, 0.3) is 0 Å². The first kappa shape index (κ1) is 14.5. The molecule has 2 N–H and O–H groups in total. The first-order valence-corrected chi connectivity index (χ1v) is 6.67. The van der Waals surface area contributed by atoms with Gasteiger partial charge in [-0.25, -0.2) is 0 Å². The van der Waals surface area contributed by atoms with E-state index in [9.17, 15) is 0 Å². The van der Waals surface area contributed by atoms with Crippen molar-refractivity contribution in [3.63, 3.8) is 0 Å². The third-order valence-electron chi connectivity index (χ3n) is 3.44. The quantitative estimate of drug-likeness (QED) is 0.910. The molecule has 1 heterocycles. The van der Waals surface area contributed by atoms with Crippen LogP contribution >= 0.6 is 0 Å². The van der Waals surface area contributed by atoms with E-state index in [1.165, 1.54) is 0 Å². The maximum Gasteiger partial charge on any atom is 0.161 e. The number of ether oxygens (including phenoxy) is 2. The van der Waals surface area contributed by atoms with Crippen LogP contribution in [-0.4, -0.2) is 14.2 Å². The highest BCUT2D eigenvalue weighted by molar-refractivity contribution is 5.49. The Morgan fingerprint density at radius 3 is 2.35 bits per heavy atom. The van der Waals surface area contributed by atoms with Crippen molar-refractivity contribution in [3.05, 3.63) is 46.9 Å². The van der Waals surface area contributed by atoms with Crippen molar-refractivity contribution in [2.24, 2.45) is 5.73 Å². The Balaban J connectivity index is 2.40. The van der Waals surface area contributed by atoms with Crippen molar-refractivity contribution < 1.29 is 13.9 Å². The van der Waals surface area contributed by atoms with Gasteiger partial charge in [0.05, 0.1) is 20.3 Å². The topological polar surface area (TPSA) is 57.6 Å². The summed E-state index contributed by atoms with van der Waals surface area (Å²) in [5.74, 6) is 3.08. The van der Waals surface area contributed by atoms with Gasteiger partial charge in [-0.2, -0.15) is 0 Å². The zero-order valence-corrected chi connectivity index (χ0v) is 12.4. The van der Waals surface area contributed by atoms with E-state index in [1.54, 1.807) is 14.2 Å². The summed E-state index contributed by atoms with van der Waals surface area (Å²) in [4.78, 5) is 0. The first-order chi connectivity index (χ1) is 9.60. The van der Waals surface area contributed by atoms with Gasteiger partial charge in [-0.15, -0.1) is 0 Å². The van der Waals surface area contributed by atoms with Crippen molar-refractivity contribution in [2.45, 2.75) is 26.3 Å². The Morgan fingerprint density at radius 2 is 1.80 bits per heavy atom. The standard InChI is InChI=1S/C16H21NO3/c1-5-11-6-7-13(20-11)16(17)12-9-15(19-4)14(18-3)8-10(12)2/h6-9,16H,5,17H2,1-4H3. The molecule has 0 spiro atoms. The Morgan fingerprint density at radius 1 is 1.15 bits per heavy atom. The summed E-state index contributed by atoms with van der Waals surface area (Å²) in [6.07, 6.45) is 0.859. The lowest BCUT2D eigenvalue weighted by atomic mass is 9.99. The molecule has 0 aliphatic heterocycles. The Labute approximate surface area is 119 Å². The largest absolute Gasteiger partial charge is 0.493 e. The molecule has 0 radical (unpaired) electrons. The van der Waals surface area contributed by atoms with Crippen LogP contribution in [0.15, 0.2) is 28.7 Å². The molecule has 0 aliphatic carbocycles. The lowest BCUT2D eigenvalue weighted by molar-refractivity contribution is 0.353. The number of nitrogens with two attached hydrogens (primary N) is 1. The minimum atomic E-state index is -0.310. The second kappa shape index (κ2) is 6.01. The van der Waals surface area contributed by atoms with Crippen LogP contribution in [0.4, 0.5) is 0 Å². The minimum absolute atomic E-state index is 0.310. The number of hydrogen-bond donors (Lipinski definition) is 1. The maximum atomic E-state index is 6.31. The van der Waals surface area contributed by atoms with Crippen LogP contribution < -0.4 is 15.2 Å². The fourth-order valence-corrected chi connectivity index (χ4v) is 2.24. The Kier molecular flexibility index (Phi) is 4.35. The van der Waals surface area contributed by atoms with E-state index in [1.807, 2.05) is 31.2 Å². The summed E-state index contributed by atoms with van der Waals surface area (Å²) in [6, 6.07) is 7.42. The molecule has 2 aromatic rings. The van der Waals surface area contributed by atoms with Gasteiger partial charge in [0, 0.05) is 6.42 Å². The predicted molar refractivity (Wildman–Crippen MR) is 78.4 cm³/mol. The highest BCUT2D eigenvalue weighted by Crippen LogP contribution is 2.34. The van der Waals surface area contributed by atoms with Gasteiger partial charge >= 0.3 is 0 Å². The van der Waals surface area contributed by atoms with Crippen LogP contribution in [0.1, 0.15) is 35.6 Å². The van der Waals surface area contributed by atoms with E-state index in [0.29, 0.717) is 11.5 Å². The molecule has 0 bridgehead atoms. The number of furan rings is 1. The van der Waals surface area contributed by atoms with Crippen molar-refractivity contribution in [1.29, 1.82) is 0 Å². The van der Waals surface area contributed by atoms with Gasteiger partial charge in [-0.3, -0.25) is 0 Å². The molecule has 2 rings (SSSR count). The average Bonchev–Trinajstić information content (AvgIpc) is 2.95. The molecule has 0 fully saturated rings. The van der Waals surface area contributed by atoms with Gasteiger partial charge < -0.3 is 19.6 Å². The van der Waals surface area contributed by atoms with Gasteiger partial charge in [0.15, 0.2) is 11.5 Å². The molecular formula is C16H21NO3. The normalized spacial score (nSPS) is 12.2. The zero-order chi connectivity index (χ0) is 14.7. The molecule has 1 unspecified atom stereocenters.